The van der Waals surface area contributed by atoms with E-state index in [2.05, 4.69) is 4.90 Å². The molecule has 0 saturated carbocycles. The molecule has 0 atom stereocenters. The van der Waals surface area contributed by atoms with Crippen molar-refractivity contribution >= 4 is 5.91 Å². The normalized spacial score (nSPS) is 19.9. The summed E-state index contributed by atoms with van der Waals surface area (Å²) in [4.78, 5) is 20.9. The van der Waals surface area contributed by atoms with E-state index >= 15 is 0 Å². The van der Waals surface area contributed by atoms with Crippen molar-refractivity contribution in [3.8, 4) is 0 Å². The average Bonchev–Trinajstić information content (AvgIpc) is 2.66. The van der Waals surface area contributed by atoms with Crippen molar-refractivity contribution in [2.24, 2.45) is 5.73 Å². The quantitative estimate of drug-likeness (QED) is 0.442. The second-order valence-corrected chi connectivity index (χ2v) is 6.80. The number of unbranched alkanes of at least 4 members (excludes halogenated alkanes) is 3. The van der Waals surface area contributed by atoms with E-state index in [0.717, 1.165) is 77.9 Å². The number of hydroxylamine groups is 2. The summed E-state index contributed by atoms with van der Waals surface area (Å²) >= 11 is 0. The van der Waals surface area contributed by atoms with Gasteiger partial charge in [-0.2, -0.15) is 0 Å². The van der Waals surface area contributed by atoms with Gasteiger partial charge < -0.3 is 15.2 Å². The van der Waals surface area contributed by atoms with Gasteiger partial charge >= 0.3 is 0 Å². The summed E-state index contributed by atoms with van der Waals surface area (Å²) in [6.07, 6.45) is 6.36. The molecule has 1 amide bonds. The summed E-state index contributed by atoms with van der Waals surface area (Å²) in [7, 11) is 0. The van der Waals surface area contributed by atoms with E-state index in [-0.39, 0.29) is 11.9 Å². The van der Waals surface area contributed by atoms with E-state index in [1.54, 1.807) is 5.06 Å². The molecule has 0 aromatic carbocycles. The van der Waals surface area contributed by atoms with Gasteiger partial charge in [0.1, 0.15) is 0 Å². The van der Waals surface area contributed by atoms with Gasteiger partial charge in [-0.3, -0.25) is 14.5 Å². The van der Waals surface area contributed by atoms with Crippen LogP contribution in [0.1, 0.15) is 44.9 Å². The third-order valence-corrected chi connectivity index (χ3v) is 4.85. The smallest absolute Gasteiger partial charge is 0.246 e. The van der Waals surface area contributed by atoms with E-state index in [9.17, 15) is 4.79 Å². The van der Waals surface area contributed by atoms with E-state index < -0.39 is 0 Å². The highest BCUT2D eigenvalue weighted by molar-refractivity contribution is 5.75. The zero-order chi connectivity index (χ0) is 17.7. The van der Waals surface area contributed by atoms with Crippen LogP contribution in [0.2, 0.25) is 0 Å². The van der Waals surface area contributed by atoms with Gasteiger partial charge in [0.25, 0.3) is 0 Å². The Bertz CT molecular complexity index is 358. The fourth-order valence-electron chi connectivity index (χ4n) is 3.28. The molecule has 0 radical (unpaired) electrons. The zero-order valence-corrected chi connectivity index (χ0v) is 15.5. The summed E-state index contributed by atoms with van der Waals surface area (Å²) in [5.74, 6) is 0.113. The Morgan fingerprint density at radius 3 is 2.44 bits per heavy atom. The van der Waals surface area contributed by atoms with Crippen LogP contribution < -0.4 is 5.73 Å². The van der Waals surface area contributed by atoms with Gasteiger partial charge in [-0.1, -0.05) is 12.8 Å². The molecule has 146 valence electrons. The maximum absolute atomic E-state index is 12.7. The molecular formula is C18H35N3O4. The molecule has 25 heavy (non-hydrogen) atoms. The largest absolute Gasteiger partial charge is 0.381 e. The van der Waals surface area contributed by atoms with E-state index in [4.69, 9.17) is 20.0 Å². The molecule has 0 aliphatic carbocycles. The molecule has 2 saturated heterocycles. The van der Waals surface area contributed by atoms with Crippen LogP contribution in [0.15, 0.2) is 0 Å². The van der Waals surface area contributed by atoms with Crippen LogP contribution in [0, 0.1) is 0 Å². The Kier molecular flexibility index (Phi) is 10.4. The van der Waals surface area contributed by atoms with Crippen molar-refractivity contribution in [1.82, 2.24) is 9.96 Å². The Morgan fingerprint density at radius 1 is 1.04 bits per heavy atom. The lowest BCUT2D eigenvalue weighted by atomic mass is 10.1. The average molecular weight is 357 g/mol. The number of hydrogen-bond acceptors (Lipinski definition) is 6. The van der Waals surface area contributed by atoms with Crippen molar-refractivity contribution in [2.45, 2.75) is 51.0 Å². The minimum Gasteiger partial charge on any atom is -0.381 e. The zero-order valence-electron chi connectivity index (χ0n) is 15.5. The number of amides is 1. The van der Waals surface area contributed by atoms with Crippen LogP contribution in [0.4, 0.5) is 0 Å². The van der Waals surface area contributed by atoms with Crippen LogP contribution in [0.3, 0.4) is 0 Å². The number of hydrogen-bond donors (Lipinski definition) is 1. The van der Waals surface area contributed by atoms with Gasteiger partial charge in [0.05, 0.1) is 25.9 Å². The predicted octanol–water partition coefficient (Wildman–Crippen LogP) is 1.17. The molecular weight excluding hydrogens is 322 g/mol. The second kappa shape index (κ2) is 12.6. The van der Waals surface area contributed by atoms with Crippen LogP contribution in [0.5, 0.6) is 0 Å². The van der Waals surface area contributed by atoms with Crippen LogP contribution in [0.25, 0.3) is 0 Å². The van der Waals surface area contributed by atoms with Crippen LogP contribution in [-0.2, 0) is 19.1 Å². The number of rotatable bonds is 11. The van der Waals surface area contributed by atoms with Gasteiger partial charge in [-0.25, -0.2) is 5.06 Å². The Morgan fingerprint density at radius 2 is 1.72 bits per heavy atom. The maximum atomic E-state index is 12.7. The van der Waals surface area contributed by atoms with Crippen LogP contribution >= 0.6 is 0 Å². The molecule has 2 aliphatic rings. The van der Waals surface area contributed by atoms with E-state index in [1.165, 1.54) is 0 Å². The molecule has 7 heteroatoms. The minimum atomic E-state index is 0.113. The third kappa shape index (κ3) is 8.00. The van der Waals surface area contributed by atoms with Crippen molar-refractivity contribution in [3.63, 3.8) is 0 Å². The van der Waals surface area contributed by atoms with Gasteiger partial charge in [-0.05, 0) is 32.2 Å². The number of ether oxygens (including phenoxy) is 2. The van der Waals surface area contributed by atoms with Gasteiger partial charge in [-0.15, -0.1) is 0 Å². The number of carbonyl (C=O) groups is 1. The first-order chi connectivity index (χ1) is 12.3. The van der Waals surface area contributed by atoms with E-state index in [1.807, 2.05) is 0 Å². The van der Waals surface area contributed by atoms with Crippen LogP contribution in [-0.4, -0.2) is 81.1 Å². The van der Waals surface area contributed by atoms with E-state index in [0.29, 0.717) is 26.2 Å². The Labute approximate surface area is 151 Å². The highest BCUT2D eigenvalue weighted by Crippen LogP contribution is 2.17. The van der Waals surface area contributed by atoms with Gasteiger partial charge in [0, 0.05) is 39.3 Å². The molecule has 0 bridgehead atoms. The summed E-state index contributed by atoms with van der Waals surface area (Å²) in [5, 5.41) is 1.66. The Hall–Kier alpha value is -0.730. The fraction of sp³-hybridized carbons (Fsp3) is 0.944. The van der Waals surface area contributed by atoms with Gasteiger partial charge in [0.2, 0.25) is 5.91 Å². The highest BCUT2D eigenvalue weighted by Gasteiger charge is 2.26. The highest BCUT2D eigenvalue weighted by atomic mass is 16.7. The molecule has 2 aliphatic heterocycles. The minimum absolute atomic E-state index is 0.113. The molecule has 2 rings (SSSR count). The number of carbonyl (C=O) groups excluding carboxylic acids is 1. The molecule has 0 aromatic heterocycles. The second-order valence-electron chi connectivity index (χ2n) is 6.80. The molecule has 0 unspecified atom stereocenters. The fourth-order valence-corrected chi connectivity index (χ4v) is 3.28. The van der Waals surface area contributed by atoms with Crippen molar-refractivity contribution in [3.05, 3.63) is 0 Å². The lowest BCUT2D eigenvalue weighted by Crippen LogP contribution is -2.45. The monoisotopic (exact) mass is 357 g/mol. The molecule has 2 fully saturated rings. The lowest BCUT2D eigenvalue weighted by Gasteiger charge is -2.34. The summed E-state index contributed by atoms with van der Waals surface area (Å²) in [5.41, 5.74) is 5.51. The number of morpholine rings is 1. The first-order valence-corrected chi connectivity index (χ1v) is 9.84. The summed E-state index contributed by atoms with van der Waals surface area (Å²) in [6, 6.07) is 0.148. The summed E-state index contributed by atoms with van der Waals surface area (Å²) < 4.78 is 10.8. The first kappa shape index (κ1) is 20.6. The molecule has 2 heterocycles. The van der Waals surface area contributed by atoms with Crippen molar-refractivity contribution < 1.29 is 19.1 Å². The standard InChI is InChI=1S/C18H35N3O4/c19-8-4-2-1-3-5-18(22)21(17-6-12-23-13-7-17)25-16-11-20-9-14-24-15-10-20/h17H,1-16,19H2. The molecule has 2 N–H and O–H groups in total. The first-order valence-electron chi connectivity index (χ1n) is 9.84. The molecule has 0 aromatic rings. The van der Waals surface area contributed by atoms with Crippen molar-refractivity contribution in [2.75, 3.05) is 59.2 Å². The topological polar surface area (TPSA) is 77.3 Å². The number of nitrogens with two attached hydrogens (primary N) is 1. The lowest BCUT2D eigenvalue weighted by molar-refractivity contribution is -0.210. The number of nitrogens with zero attached hydrogens (tertiary/aromatic N) is 2. The summed E-state index contributed by atoms with van der Waals surface area (Å²) in [6.45, 7) is 6.98. The van der Waals surface area contributed by atoms with Gasteiger partial charge in [0.15, 0.2) is 0 Å². The SMILES string of the molecule is NCCCCCCC(=O)N(OCCN1CCOCC1)C1CCOCC1. The predicted molar refractivity (Wildman–Crippen MR) is 96.0 cm³/mol. The Balaban J connectivity index is 1.74. The molecule has 7 nitrogen and oxygen atoms in total. The third-order valence-electron chi connectivity index (χ3n) is 4.85. The molecule has 0 spiro atoms. The maximum Gasteiger partial charge on any atom is 0.246 e. The van der Waals surface area contributed by atoms with Crippen molar-refractivity contribution in [1.29, 1.82) is 0 Å².